The first-order chi connectivity index (χ1) is 8.88. The zero-order chi connectivity index (χ0) is 14.5. The molecule has 0 saturated carbocycles. The van der Waals surface area contributed by atoms with E-state index in [0.717, 1.165) is 19.3 Å². The lowest BCUT2D eigenvalue weighted by Crippen LogP contribution is -2.26. The van der Waals surface area contributed by atoms with Gasteiger partial charge in [0.15, 0.2) is 0 Å². The van der Waals surface area contributed by atoms with Crippen LogP contribution in [0, 0.1) is 19.7 Å². The second-order valence-electron chi connectivity index (χ2n) is 4.62. The van der Waals surface area contributed by atoms with E-state index in [9.17, 15) is 12.8 Å². The molecule has 0 aliphatic carbocycles. The van der Waals surface area contributed by atoms with E-state index in [1.807, 2.05) is 0 Å². The van der Waals surface area contributed by atoms with Crippen LogP contribution in [0.15, 0.2) is 17.0 Å². The first kappa shape index (κ1) is 16.1. The van der Waals surface area contributed by atoms with E-state index >= 15 is 0 Å². The molecule has 4 nitrogen and oxygen atoms in total. The Morgan fingerprint density at radius 1 is 1.16 bits per heavy atom. The standard InChI is InChI=1S/C13H21FN2O2S/c1-10-8-12(14)9-11(2)13(10)19(17,18)16-7-5-3-4-6-15/h8-9,16H,3-7,15H2,1-2H3. The van der Waals surface area contributed by atoms with Crippen LogP contribution in [0.25, 0.3) is 0 Å². The van der Waals surface area contributed by atoms with Gasteiger partial charge in [0.1, 0.15) is 5.82 Å². The third-order valence-corrected chi connectivity index (χ3v) is 4.63. The van der Waals surface area contributed by atoms with Crippen LogP contribution in [-0.4, -0.2) is 21.5 Å². The van der Waals surface area contributed by atoms with E-state index in [1.54, 1.807) is 13.8 Å². The highest BCUT2D eigenvalue weighted by Gasteiger charge is 2.19. The van der Waals surface area contributed by atoms with Gasteiger partial charge in [0.25, 0.3) is 0 Å². The van der Waals surface area contributed by atoms with Crippen molar-refractivity contribution in [1.82, 2.24) is 4.72 Å². The maximum Gasteiger partial charge on any atom is 0.241 e. The molecule has 0 spiro atoms. The van der Waals surface area contributed by atoms with Gasteiger partial charge < -0.3 is 5.73 Å². The molecule has 0 saturated heterocycles. The van der Waals surface area contributed by atoms with E-state index in [2.05, 4.69) is 4.72 Å². The Labute approximate surface area is 114 Å². The summed E-state index contributed by atoms with van der Waals surface area (Å²) in [4.78, 5) is 0.174. The van der Waals surface area contributed by atoms with Crippen LogP contribution in [0.3, 0.4) is 0 Å². The second kappa shape index (κ2) is 6.98. The number of hydrogen-bond donors (Lipinski definition) is 2. The van der Waals surface area contributed by atoms with Gasteiger partial charge in [-0.1, -0.05) is 6.42 Å². The smallest absolute Gasteiger partial charge is 0.241 e. The lowest BCUT2D eigenvalue weighted by molar-refractivity contribution is 0.572. The van der Waals surface area contributed by atoms with Crippen LogP contribution < -0.4 is 10.5 Å². The van der Waals surface area contributed by atoms with Gasteiger partial charge in [-0.3, -0.25) is 0 Å². The zero-order valence-corrected chi connectivity index (χ0v) is 12.2. The predicted molar refractivity (Wildman–Crippen MR) is 74.0 cm³/mol. The molecule has 0 aromatic heterocycles. The summed E-state index contributed by atoms with van der Waals surface area (Å²) in [5.74, 6) is -0.420. The molecule has 0 aliphatic rings. The molecule has 0 fully saturated rings. The minimum absolute atomic E-state index is 0.174. The van der Waals surface area contributed by atoms with Gasteiger partial charge >= 0.3 is 0 Å². The Hall–Kier alpha value is -0.980. The Morgan fingerprint density at radius 3 is 2.26 bits per heavy atom. The SMILES string of the molecule is Cc1cc(F)cc(C)c1S(=O)(=O)NCCCCCN. The summed E-state index contributed by atoms with van der Waals surface area (Å²) in [6.07, 6.45) is 2.52. The normalized spacial score (nSPS) is 11.8. The number of unbranched alkanes of at least 4 members (excludes halogenated alkanes) is 2. The average Bonchev–Trinajstić information content (AvgIpc) is 2.26. The van der Waals surface area contributed by atoms with Gasteiger partial charge in [0.05, 0.1) is 4.90 Å². The monoisotopic (exact) mass is 288 g/mol. The van der Waals surface area contributed by atoms with Crippen LogP contribution in [0.5, 0.6) is 0 Å². The van der Waals surface area contributed by atoms with Crippen molar-refractivity contribution in [2.75, 3.05) is 13.1 Å². The molecule has 0 atom stereocenters. The number of sulfonamides is 1. The summed E-state index contributed by atoms with van der Waals surface area (Å²) in [5, 5.41) is 0. The van der Waals surface area contributed by atoms with Gasteiger partial charge in [-0.05, 0) is 56.5 Å². The molecular weight excluding hydrogens is 267 g/mol. The second-order valence-corrected chi connectivity index (χ2v) is 6.32. The molecule has 0 amide bonds. The molecule has 0 heterocycles. The van der Waals surface area contributed by atoms with E-state index in [0.29, 0.717) is 24.2 Å². The lowest BCUT2D eigenvalue weighted by Gasteiger charge is -2.12. The summed E-state index contributed by atoms with van der Waals surface area (Å²) < 4.78 is 40.0. The highest BCUT2D eigenvalue weighted by molar-refractivity contribution is 7.89. The number of nitrogens with two attached hydrogens (primary N) is 1. The predicted octanol–water partition coefficient (Wildman–Crippen LogP) is 1.85. The number of hydrogen-bond acceptors (Lipinski definition) is 3. The fourth-order valence-corrected chi connectivity index (χ4v) is 3.57. The van der Waals surface area contributed by atoms with Crippen molar-refractivity contribution in [2.45, 2.75) is 38.0 Å². The number of halogens is 1. The summed E-state index contributed by atoms with van der Waals surface area (Å²) >= 11 is 0. The van der Waals surface area contributed by atoms with E-state index in [4.69, 9.17) is 5.73 Å². The molecular formula is C13H21FN2O2S. The Morgan fingerprint density at radius 2 is 1.74 bits per heavy atom. The maximum atomic E-state index is 13.2. The van der Waals surface area contributed by atoms with Crippen LogP contribution in [0.4, 0.5) is 4.39 Å². The maximum absolute atomic E-state index is 13.2. The first-order valence-corrected chi connectivity index (χ1v) is 7.83. The fraction of sp³-hybridized carbons (Fsp3) is 0.538. The summed E-state index contributed by atoms with van der Waals surface area (Å²) in [6, 6.07) is 2.46. The van der Waals surface area contributed by atoms with Gasteiger partial charge in [-0.15, -0.1) is 0 Å². The minimum atomic E-state index is -3.57. The molecule has 0 bridgehead atoms. The van der Waals surface area contributed by atoms with Gasteiger partial charge in [0, 0.05) is 6.54 Å². The summed E-state index contributed by atoms with van der Waals surface area (Å²) in [7, 11) is -3.57. The molecule has 0 aliphatic heterocycles. The molecule has 1 aromatic carbocycles. The van der Waals surface area contributed by atoms with E-state index in [-0.39, 0.29) is 4.90 Å². The molecule has 1 rings (SSSR count). The van der Waals surface area contributed by atoms with Crippen molar-refractivity contribution in [2.24, 2.45) is 5.73 Å². The Bertz CT molecular complexity index is 506. The van der Waals surface area contributed by atoms with Crippen molar-refractivity contribution < 1.29 is 12.8 Å². The van der Waals surface area contributed by atoms with Crippen LogP contribution in [-0.2, 0) is 10.0 Å². The van der Waals surface area contributed by atoms with Gasteiger partial charge in [-0.25, -0.2) is 17.5 Å². The lowest BCUT2D eigenvalue weighted by atomic mass is 10.1. The number of aryl methyl sites for hydroxylation is 2. The average molecular weight is 288 g/mol. The molecule has 3 N–H and O–H groups in total. The molecule has 108 valence electrons. The summed E-state index contributed by atoms with van der Waals surface area (Å²) in [5.41, 5.74) is 6.21. The number of benzene rings is 1. The highest BCUT2D eigenvalue weighted by Crippen LogP contribution is 2.21. The van der Waals surface area contributed by atoms with Crippen molar-refractivity contribution in [3.63, 3.8) is 0 Å². The topological polar surface area (TPSA) is 72.2 Å². The van der Waals surface area contributed by atoms with E-state index < -0.39 is 15.8 Å². The van der Waals surface area contributed by atoms with Crippen molar-refractivity contribution >= 4 is 10.0 Å². The Balaban J connectivity index is 2.78. The van der Waals surface area contributed by atoms with Gasteiger partial charge in [0.2, 0.25) is 10.0 Å². The number of nitrogens with one attached hydrogen (secondary N) is 1. The molecule has 0 radical (unpaired) electrons. The summed E-state index contributed by atoms with van der Waals surface area (Å²) in [6.45, 7) is 4.18. The number of rotatable bonds is 7. The molecule has 6 heteroatoms. The van der Waals surface area contributed by atoms with Crippen molar-refractivity contribution in [3.8, 4) is 0 Å². The largest absolute Gasteiger partial charge is 0.330 e. The molecule has 0 unspecified atom stereocenters. The third kappa shape index (κ3) is 4.56. The van der Waals surface area contributed by atoms with Gasteiger partial charge in [-0.2, -0.15) is 0 Å². The Kier molecular flexibility index (Phi) is 5.90. The van der Waals surface area contributed by atoms with Crippen molar-refractivity contribution in [1.29, 1.82) is 0 Å². The fourth-order valence-electron chi connectivity index (χ4n) is 2.05. The van der Waals surface area contributed by atoms with E-state index in [1.165, 1.54) is 12.1 Å². The molecule has 19 heavy (non-hydrogen) atoms. The quantitative estimate of drug-likeness (QED) is 0.752. The zero-order valence-electron chi connectivity index (χ0n) is 11.4. The third-order valence-electron chi connectivity index (χ3n) is 2.87. The highest BCUT2D eigenvalue weighted by atomic mass is 32.2. The van der Waals surface area contributed by atoms with Crippen LogP contribution in [0.2, 0.25) is 0 Å². The van der Waals surface area contributed by atoms with Crippen molar-refractivity contribution in [3.05, 3.63) is 29.1 Å². The molecule has 1 aromatic rings. The minimum Gasteiger partial charge on any atom is -0.330 e. The van der Waals surface area contributed by atoms with Crippen LogP contribution >= 0.6 is 0 Å². The first-order valence-electron chi connectivity index (χ1n) is 6.35. The van der Waals surface area contributed by atoms with Crippen LogP contribution in [0.1, 0.15) is 30.4 Å².